The number of hydrogen-bond donors (Lipinski definition) is 4. The smallest absolute Gasteiger partial charge is 0.486 e. The van der Waals surface area contributed by atoms with E-state index in [9.17, 15) is 50.6 Å². The number of amides is 3. The van der Waals surface area contributed by atoms with E-state index in [-0.39, 0.29) is 24.6 Å². The fourth-order valence-corrected chi connectivity index (χ4v) is 3.22. The van der Waals surface area contributed by atoms with Gasteiger partial charge < -0.3 is 40.6 Å². The molecule has 0 saturated heterocycles. The highest BCUT2D eigenvalue weighted by atomic mass is 19.4. The molecule has 0 bridgehead atoms. The summed E-state index contributed by atoms with van der Waals surface area (Å²) in [5.41, 5.74) is 1.83. The van der Waals surface area contributed by atoms with Crippen molar-refractivity contribution >= 4 is 29.6 Å². The molecule has 0 aromatic heterocycles. The lowest BCUT2D eigenvalue weighted by Gasteiger charge is -2.29. The second kappa shape index (κ2) is 12.6. The van der Waals surface area contributed by atoms with Gasteiger partial charge in [-0.2, -0.15) is 22.0 Å². The average Bonchev–Trinajstić information content (AvgIpc) is 2.95. The predicted molar refractivity (Wildman–Crippen MR) is 122 cm³/mol. The van der Waals surface area contributed by atoms with Gasteiger partial charge in [-0.05, 0) is 26.0 Å². The molecule has 224 valence electrons. The lowest BCUT2D eigenvalue weighted by molar-refractivity contribution is -0.278. The monoisotopic (exact) mass is 588 g/mol. The molecule has 3 atom stereocenters. The first kappa shape index (κ1) is 32.4. The largest absolute Gasteiger partial charge is 0.508 e. The maximum atomic E-state index is 14.0. The summed E-state index contributed by atoms with van der Waals surface area (Å²) in [7, 11) is 0. The minimum absolute atomic E-state index is 0.00945. The number of nitrogens with two attached hydrogens (primary N) is 1. The number of carbonyl (C=O) groups excluding carboxylic acids is 4. The van der Waals surface area contributed by atoms with Crippen molar-refractivity contribution < 1.29 is 64.8 Å². The van der Waals surface area contributed by atoms with Crippen LogP contribution in [0.4, 0.5) is 36.8 Å². The van der Waals surface area contributed by atoms with Crippen molar-refractivity contribution in [1.29, 1.82) is 0 Å². The van der Waals surface area contributed by atoms with E-state index in [2.05, 4.69) is 4.74 Å². The summed E-state index contributed by atoms with van der Waals surface area (Å²) in [4.78, 5) is 50.7. The Morgan fingerprint density at radius 1 is 1.12 bits per heavy atom. The Bertz CT molecular complexity index is 1120. The summed E-state index contributed by atoms with van der Waals surface area (Å²) in [6, 6.07) is 1.34. The van der Waals surface area contributed by atoms with Crippen molar-refractivity contribution in [3.05, 3.63) is 24.0 Å². The number of anilines is 1. The van der Waals surface area contributed by atoms with Crippen LogP contribution in [-0.2, 0) is 23.9 Å². The van der Waals surface area contributed by atoms with Gasteiger partial charge in [-0.3, -0.25) is 14.4 Å². The fraction of sp³-hybridized carbons (Fsp3) is 0.545. The molecule has 5 N–H and O–H groups in total. The number of halogens is 6. The van der Waals surface area contributed by atoms with E-state index in [0.29, 0.717) is 6.92 Å². The van der Waals surface area contributed by atoms with Gasteiger partial charge in [-0.25, -0.2) is 9.18 Å². The normalized spacial score (nSPS) is 18.9. The lowest BCUT2D eigenvalue weighted by Crippen LogP contribution is -2.63. The van der Waals surface area contributed by atoms with Crippen LogP contribution in [0, 0.1) is 5.82 Å². The number of fused-ring (bicyclic) bond motifs is 1. The van der Waals surface area contributed by atoms with Gasteiger partial charge in [-0.1, -0.05) is 0 Å². The number of nitrogens with one attached hydrogen (secondary N) is 2. The van der Waals surface area contributed by atoms with Gasteiger partial charge in [0.2, 0.25) is 5.60 Å². The van der Waals surface area contributed by atoms with Crippen LogP contribution in [0.2, 0.25) is 0 Å². The quantitative estimate of drug-likeness (QED) is 0.174. The van der Waals surface area contributed by atoms with Gasteiger partial charge in [0.15, 0.2) is 0 Å². The molecule has 18 heteroatoms. The van der Waals surface area contributed by atoms with E-state index in [0.717, 1.165) is 28.4 Å². The third-order valence-electron chi connectivity index (χ3n) is 5.46. The molecule has 2 rings (SSSR count). The number of aliphatic hydroxyl groups is 1. The molecule has 0 radical (unpaired) electrons. The van der Waals surface area contributed by atoms with E-state index in [1.165, 1.54) is 6.92 Å². The van der Waals surface area contributed by atoms with Crippen LogP contribution < -0.4 is 26.0 Å². The van der Waals surface area contributed by atoms with E-state index in [1.54, 1.807) is 0 Å². The minimum atomic E-state index is -6.02. The van der Waals surface area contributed by atoms with E-state index >= 15 is 0 Å². The molecule has 12 nitrogen and oxygen atoms in total. The molecule has 0 fully saturated rings. The fourth-order valence-electron chi connectivity index (χ4n) is 3.22. The van der Waals surface area contributed by atoms with Crippen molar-refractivity contribution in [2.45, 2.75) is 43.7 Å². The maximum Gasteiger partial charge on any atom is 0.508 e. The van der Waals surface area contributed by atoms with Crippen molar-refractivity contribution in [2.24, 2.45) is 5.73 Å². The van der Waals surface area contributed by atoms with Gasteiger partial charge in [0, 0.05) is 12.6 Å². The predicted octanol–water partition coefficient (Wildman–Crippen LogP) is 0.601. The number of hydrogen-bond acceptors (Lipinski definition) is 9. The van der Waals surface area contributed by atoms with Crippen LogP contribution >= 0.6 is 0 Å². The van der Waals surface area contributed by atoms with Gasteiger partial charge in [0.05, 0.1) is 18.8 Å². The molecule has 3 amide bonds. The molecule has 0 spiro atoms. The van der Waals surface area contributed by atoms with Gasteiger partial charge >= 0.3 is 18.3 Å². The Morgan fingerprint density at radius 2 is 1.75 bits per heavy atom. The van der Waals surface area contributed by atoms with Gasteiger partial charge in [-0.15, -0.1) is 0 Å². The number of nitrogens with zero attached hydrogens (tertiary/aromatic N) is 1. The summed E-state index contributed by atoms with van der Waals surface area (Å²) >= 11 is 0. The standard InChI is InChI=1S/C22H26F6N4O8/c1-11-15(31-18(35)20(2,37)17(34)30-10-21(24,25)22(26,27)28)16(33)32(6-8-39-19(36)38-7-5-29)13-9-12(23)3-4-14(13)40-11/h3-4,9,11,15,37H,5-8,10,29H2,1-2H3,(H,30,34)(H,31,35)/t11-,15+,20+/m1/s1. The molecule has 1 aromatic carbocycles. The zero-order chi connectivity index (χ0) is 30.5. The third-order valence-corrected chi connectivity index (χ3v) is 5.46. The number of benzene rings is 1. The van der Waals surface area contributed by atoms with E-state index in [1.807, 2.05) is 5.32 Å². The zero-order valence-corrected chi connectivity index (χ0v) is 21.0. The molecule has 1 aromatic rings. The first-order valence-corrected chi connectivity index (χ1v) is 11.5. The summed E-state index contributed by atoms with van der Waals surface area (Å²) in [5.74, 6) is -10.8. The Morgan fingerprint density at radius 3 is 2.35 bits per heavy atom. The highest BCUT2D eigenvalue weighted by Crippen LogP contribution is 2.35. The molecule has 1 aliphatic rings. The molecule has 0 unspecified atom stereocenters. The Hall–Kier alpha value is -3.80. The van der Waals surface area contributed by atoms with Crippen LogP contribution in [-0.4, -0.2) is 91.7 Å². The molecular weight excluding hydrogens is 562 g/mol. The van der Waals surface area contributed by atoms with Crippen molar-refractivity contribution in [3.63, 3.8) is 0 Å². The van der Waals surface area contributed by atoms with Crippen molar-refractivity contribution in [1.82, 2.24) is 10.6 Å². The first-order valence-electron chi connectivity index (χ1n) is 11.5. The summed E-state index contributed by atoms with van der Waals surface area (Å²) in [6.07, 6.45) is -8.40. The number of ether oxygens (including phenoxy) is 3. The Balaban J connectivity index is 2.23. The topological polar surface area (TPSA) is 170 Å². The SMILES string of the molecule is C[C@H]1Oc2ccc(F)cc2N(CCOC(=O)OCCN)C(=O)[C@H]1NC(=O)[C@@](C)(O)C(=O)NCC(F)(F)C(F)(F)F. The first-order chi connectivity index (χ1) is 18.4. The number of rotatable bonds is 10. The molecular formula is C22H26F6N4O8. The molecule has 40 heavy (non-hydrogen) atoms. The van der Waals surface area contributed by atoms with Gasteiger partial charge in [0.1, 0.15) is 36.9 Å². The van der Waals surface area contributed by atoms with Crippen molar-refractivity contribution in [2.75, 3.05) is 37.7 Å². The Labute approximate surface area is 222 Å². The van der Waals surface area contributed by atoms with Crippen LogP contribution in [0.5, 0.6) is 5.75 Å². The molecule has 1 aliphatic heterocycles. The van der Waals surface area contributed by atoms with Crippen LogP contribution in [0.3, 0.4) is 0 Å². The second-order valence-corrected chi connectivity index (χ2v) is 8.57. The lowest BCUT2D eigenvalue weighted by atomic mass is 10.0. The van der Waals surface area contributed by atoms with Gasteiger partial charge in [0.25, 0.3) is 17.7 Å². The average molecular weight is 588 g/mol. The Kier molecular flexibility index (Phi) is 10.2. The molecule has 1 heterocycles. The van der Waals surface area contributed by atoms with Crippen LogP contribution in [0.15, 0.2) is 18.2 Å². The minimum Gasteiger partial charge on any atom is -0.486 e. The summed E-state index contributed by atoms with van der Waals surface area (Å²) in [5, 5.41) is 13.5. The number of alkyl halides is 5. The van der Waals surface area contributed by atoms with E-state index in [4.69, 9.17) is 15.2 Å². The van der Waals surface area contributed by atoms with Crippen molar-refractivity contribution in [3.8, 4) is 5.75 Å². The van der Waals surface area contributed by atoms with Crippen LogP contribution in [0.1, 0.15) is 13.8 Å². The molecule has 0 aliphatic carbocycles. The summed E-state index contributed by atoms with van der Waals surface area (Å²) < 4.78 is 92.5. The second-order valence-electron chi connectivity index (χ2n) is 8.57. The highest BCUT2D eigenvalue weighted by Gasteiger charge is 2.58. The van der Waals surface area contributed by atoms with E-state index < -0.39 is 79.2 Å². The van der Waals surface area contributed by atoms with Crippen LogP contribution in [0.25, 0.3) is 0 Å². The molecule has 0 saturated carbocycles. The highest BCUT2D eigenvalue weighted by molar-refractivity contribution is 6.10. The number of carbonyl (C=O) groups is 4. The maximum absolute atomic E-state index is 14.0. The summed E-state index contributed by atoms with van der Waals surface area (Å²) in [6.45, 7) is -1.57. The third kappa shape index (κ3) is 7.65. The zero-order valence-electron chi connectivity index (χ0n) is 21.0.